The number of fused-ring (bicyclic) bond motifs is 2. The van der Waals surface area contributed by atoms with Gasteiger partial charge in [0, 0.05) is 23.9 Å². The highest BCUT2D eigenvalue weighted by Gasteiger charge is 2.17. The normalized spacial score (nSPS) is 13.2. The average Bonchev–Trinajstić information content (AvgIpc) is 2.97. The Kier molecular flexibility index (Phi) is 3.07. The van der Waals surface area contributed by atoms with Gasteiger partial charge in [-0.1, -0.05) is 18.2 Å². The molecular weight excluding hydrogens is 274 g/mol. The maximum absolute atomic E-state index is 9.86. The molecule has 0 atom stereocenters. The standard InChI is InChI=1S/C18H15N3O/c22-18-7-3-6-15-14(18)10-12(20-15)8-9-13-11-19-16-4-1-2-5-17(16)21-13/h1-7,11,22H,8-10H2. The largest absolute Gasteiger partial charge is 0.508 e. The van der Waals surface area contributed by atoms with Crippen molar-refractivity contribution in [2.45, 2.75) is 19.3 Å². The molecule has 0 saturated heterocycles. The third-order valence-electron chi connectivity index (χ3n) is 3.95. The number of aromatic hydroxyl groups is 1. The molecule has 0 radical (unpaired) electrons. The van der Waals surface area contributed by atoms with Gasteiger partial charge in [0.05, 0.1) is 22.4 Å². The number of para-hydroxylation sites is 2. The zero-order chi connectivity index (χ0) is 14.9. The molecule has 1 aliphatic heterocycles. The Balaban J connectivity index is 1.50. The lowest BCUT2D eigenvalue weighted by atomic mass is 10.1. The van der Waals surface area contributed by atoms with Crippen molar-refractivity contribution in [3.8, 4) is 5.75 Å². The highest BCUT2D eigenvalue weighted by molar-refractivity contribution is 5.95. The van der Waals surface area contributed by atoms with Crippen LogP contribution in [-0.4, -0.2) is 20.8 Å². The summed E-state index contributed by atoms with van der Waals surface area (Å²) in [7, 11) is 0. The van der Waals surface area contributed by atoms with Crippen molar-refractivity contribution in [1.82, 2.24) is 9.97 Å². The fourth-order valence-electron chi connectivity index (χ4n) is 2.80. The van der Waals surface area contributed by atoms with Crippen LogP contribution < -0.4 is 0 Å². The van der Waals surface area contributed by atoms with Gasteiger partial charge in [0.2, 0.25) is 0 Å². The number of aryl methyl sites for hydroxylation is 1. The molecule has 2 heterocycles. The van der Waals surface area contributed by atoms with E-state index in [4.69, 9.17) is 0 Å². The molecule has 22 heavy (non-hydrogen) atoms. The number of phenolic OH excluding ortho intramolecular Hbond substituents is 1. The number of nitrogens with zero attached hydrogens (tertiary/aromatic N) is 3. The highest BCUT2D eigenvalue weighted by atomic mass is 16.3. The van der Waals surface area contributed by atoms with Crippen molar-refractivity contribution in [2.75, 3.05) is 0 Å². The minimum Gasteiger partial charge on any atom is -0.508 e. The predicted octanol–water partition coefficient (Wildman–Crippen LogP) is 3.60. The van der Waals surface area contributed by atoms with E-state index in [0.29, 0.717) is 5.75 Å². The van der Waals surface area contributed by atoms with Crippen LogP contribution in [-0.2, 0) is 12.8 Å². The minimum atomic E-state index is 0.335. The minimum absolute atomic E-state index is 0.335. The lowest BCUT2D eigenvalue weighted by Gasteiger charge is -2.03. The van der Waals surface area contributed by atoms with Gasteiger partial charge in [0.15, 0.2) is 0 Å². The van der Waals surface area contributed by atoms with E-state index < -0.39 is 0 Å². The smallest absolute Gasteiger partial charge is 0.121 e. The number of benzene rings is 2. The first-order valence-corrected chi connectivity index (χ1v) is 7.37. The second-order valence-electron chi connectivity index (χ2n) is 5.48. The molecule has 4 nitrogen and oxygen atoms in total. The van der Waals surface area contributed by atoms with Crippen molar-refractivity contribution in [3.63, 3.8) is 0 Å². The lowest BCUT2D eigenvalue weighted by molar-refractivity contribution is 0.471. The van der Waals surface area contributed by atoms with Gasteiger partial charge in [0.25, 0.3) is 0 Å². The SMILES string of the molecule is Oc1cccc2c1CC(CCc1cnc3ccccc3n1)=N2. The maximum Gasteiger partial charge on any atom is 0.121 e. The number of phenols is 1. The summed E-state index contributed by atoms with van der Waals surface area (Å²) < 4.78 is 0. The second-order valence-corrected chi connectivity index (χ2v) is 5.48. The molecule has 0 fully saturated rings. The summed E-state index contributed by atoms with van der Waals surface area (Å²) in [5, 5.41) is 9.86. The van der Waals surface area contributed by atoms with Crippen molar-refractivity contribution in [3.05, 3.63) is 59.9 Å². The van der Waals surface area contributed by atoms with Crippen LogP contribution in [0.15, 0.2) is 53.7 Å². The molecule has 1 aromatic heterocycles. The number of rotatable bonds is 3. The Labute approximate surface area is 128 Å². The first-order chi connectivity index (χ1) is 10.8. The molecule has 0 amide bonds. The van der Waals surface area contributed by atoms with E-state index in [0.717, 1.165) is 53.0 Å². The zero-order valence-corrected chi connectivity index (χ0v) is 12.0. The third-order valence-corrected chi connectivity index (χ3v) is 3.95. The average molecular weight is 289 g/mol. The molecule has 0 bridgehead atoms. The van der Waals surface area contributed by atoms with Crippen molar-refractivity contribution in [1.29, 1.82) is 0 Å². The molecule has 2 aromatic carbocycles. The Hall–Kier alpha value is -2.75. The monoisotopic (exact) mass is 289 g/mol. The van der Waals surface area contributed by atoms with Crippen LogP contribution in [0.25, 0.3) is 11.0 Å². The number of hydrogen-bond acceptors (Lipinski definition) is 4. The number of hydrogen-bond donors (Lipinski definition) is 1. The summed E-state index contributed by atoms with van der Waals surface area (Å²) in [6.07, 6.45) is 4.21. The topological polar surface area (TPSA) is 58.4 Å². The van der Waals surface area contributed by atoms with E-state index in [1.165, 1.54) is 0 Å². The molecule has 1 aliphatic rings. The van der Waals surface area contributed by atoms with Gasteiger partial charge in [0.1, 0.15) is 5.75 Å². The Morgan fingerprint density at radius 2 is 1.82 bits per heavy atom. The first-order valence-electron chi connectivity index (χ1n) is 7.37. The molecule has 4 rings (SSSR count). The van der Waals surface area contributed by atoms with Crippen LogP contribution in [0.1, 0.15) is 17.7 Å². The lowest BCUT2D eigenvalue weighted by Crippen LogP contribution is -2.02. The first kappa shape index (κ1) is 13.0. The summed E-state index contributed by atoms with van der Waals surface area (Å²) in [5.41, 5.74) is 5.73. The maximum atomic E-state index is 9.86. The predicted molar refractivity (Wildman–Crippen MR) is 86.8 cm³/mol. The van der Waals surface area contributed by atoms with Crippen LogP contribution >= 0.6 is 0 Å². The molecule has 0 saturated carbocycles. The quantitative estimate of drug-likeness (QED) is 0.801. The van der Waals surface area contributed by atoms with E-state index >= 15 is 0 Å². The van der Waals surface area contributed by atoms with Crippen LogP contribution in [0.5, 0.6) is 5.75 Å². The van der Waals surface area contributed by atoms with Gasteiger partial charge in [-0.2, -0.15) is 0 Å². The van der Waals surface area contributed by atoms with E-state index in [-0.39, 0.29) is 0 Å². The van der Waals surface area contributed by atoms with Gasteiger partial charge in [-0.25, -0.2) is 4.98 Å². The zero-order valence-electron chi connectivity index (χ0n) is 12.0. The molecule has 0 spiro atoms. The number of aromatic nitrogens is 2. The summed E-state index contributed by atoms with van der Waals surface area (Å²) >= 11 is 0. The van der Waals surface area contributed by atoms with E-state index in [2.05, 4.69) is 15.0 Å². The van der Waals surface area contributed by atoms with Gasteiger partial charge in [-0.3, -0.25) is 9.98 Å². The fraction of sp³-hybridized carbons (Fsp3) is 0.167. The molecule has 108 valence electrons. The van der Waals surface area contributed by atoms with Crippen molar-refractivity contribution < 1.29 is 5.11 Å². The fourth-order valence-corrected chi connectivity index (χ4v) is 2.80. The molecule has 1 N–H and O–H groups in total. The van der Waals surface area contributed by atoms with Crippen LogP contribution in [0.2, 0.25) is 0 Å². The van der Waals surface area contributed by atoms with Gasteiger partial charge in [-0.15, -0.1) is 0 Å². The summed E-state index contributed by atoms with van der Waals surface area (Å²) in [4.78, 5) is 13.7. The van der Waals surface area contributed by atoms with Gasteiger partial charge in [-0.05, 0) is 37.1 Å². The third kappa shape index (κ3) is 2.33. The Morgan fingerprint density at radius 1 is 0.955 bits per heavy atom. The Morgan fingerprint density at radius 3 is 2.68 bits per heavy atom. The van der Waals surface area contributed by atoms with Crippen LogP contribution in [0, 0.1) is 0 Å². The van der Waals surface area contributed by atoms with E-state index in [1.54, 1.807) is 6.07 Å². The summed E-state index contributed by atoms with van der Waals surface area (Å²) in [6, 6.07) is 13.4. The van der Waals surface area contributed by atoms with Gasteiger partial charge < -0.3 is 5.11 Å². The summed E-state index contributed by atoms with van der Waals surface area (Å²) in [5.74, 6) is 0.335. The van der Waals surface area contributed by atoms with Crippen molar-refractivity contribution in [2.24, 2.45) is 4.99 Å². The molecule has 0 aliphatic carbocycles. The van der Waals surface area contributed by atoms with E-state index in [9.17, 15) is 5.11 Å². The van der Waals surface area contributed by atoms with Crippen LogP contribution in [0.3, 0.4) is 0 Å². The molecule has 3 aromatic rings. The second kappa shape index (κ2) is 5.22. The molecule has 0 unspecified atom stereocenters. The Bertz CT molecular complexity index is 886. The highest BCUT2D eigenvalue weighted by Crippen LogP contribution is 2.34. The molecule has 4 heteroatoms. The van der Waals surface area contributed by atoms with E-state index in [1.807, 2.05) is 42.6 Å². The molecular formula is C18H15N3O. The number of aliphatic imine (C=N–C) groups is 1. The summed E-state index contributed by atoms with van der Waals surface area (Å²) in [6.45, 7) is 0. The van der Waals surface area contributed by atoms with Crippen molar-refractivity contribution >= 4 is 22.4 Å². The van der Waals surface area contributed by atoms with Gasteiger partial charge >= 0.3 is 0 Å². The van der Waals surface area contributed by atoms with Crippen LogP contribution in [0.4, 0.5) is 5.69 Å².